The first-order valence-corrected chi connectivity index (χ1v) is 11.6. The van der Waals surface area contributed by atoms with Crippen LogP contribution in [0.5, 0.6) is 0 Å². The van der Waals surface area contributed by atoms with E-state index in [4.69, 9.17) is 4.74 Å². The van der Waals surface area contributed by atoms with Crippen molar-refractivity contribution in [3.05, 3.63) is 29.6 Å². The smallest absolute Gasteiger partial charge is 0.308 e. The summed E-state index contributed by atoms with van der Waals surface area (Å²) in [6, 6.07) is 0. The van der Waals surface area contributed by atoms with Gasteiger partial charge in [-0.3, -0.25) is 9.59 Å². The highest BCUT2D eigenvalue weighted by atomic mass is 16.5. The molecule has 0 amide bonds. The van der Waals surface area contributed by atoms with Crippen molar-refractivity contribution in [3.63, 3.8) is 0 Å². The highest BCUT2D eigenvalue weighted by molar-refractivity contribution is 5.87. The number of carbonyl (C=O) groups is 2. The summed E-state index contributed by atoms with van der Waals surface area (Å²) >= 11 is 0. The van der Waals surface area contributed by atoms with Crippen molar-refractivity contribution in [2.24, 2.45) is 17.3 Å². The molecular weight excluding hydrogens is 406 g/mol. The summed E-state index contributed by atoms with van der Waals surface area (Å²) in [4.78, 5) is 24.6. The van der Waals surface area contributed by atoms with Gasteiger partial charge in [-0.1, -0.05) is 51.8 Å². The van der Waals surface area contributed by atoms with Crippen molar-refractivity contribution in [3.8, 4) is 0 Å². The number of allylic oxidation sites excluding steroid dienone is 2. The first-order chi connectivity index (χ1) is 15.1. The molecule has 2 heterocycles. The van der Waals surface area contributed by atoms with Gasteiger partial charge >= 0.3 is 5.97 Å². The number of Topliss-reactive ketones (excluding diaryl/α,β-unsaturated/α-hetero) is 1. The average Bonchev–Trinajstić information content (AvgIpc) is 3.24. The van der Waals surface area contributed by atoms with Gasteiger partial charge in [0.05, 0.1) is 30.7 Å². The number of H-pyrrole nitrogens is 1. The van der Waals surface area contributed by atoms with Crippen molar-refractivity contribution in [2.75, 3.05) is 6.61 Å². The van der Waals surface area contributed by atoms with Gasteiger partial charge in [0.15, 0.2) is 0 Å². The maximum absolute atomic E-state index is 12.8. The van der Waals surface area contributed by atoms with Crippen LogP contribution in [0.25, 0.3) is 6.08 Å². The van der Waals surface area contributed by atoms with E-state index >= 15 is 0 Å². The van der Waals surface area contributed by atoms with Gasteiger partial charge in [-0.15, -0.1) is 0 Å². The van der Waals surface area contributed by atoms with Crippen LogP contribution >= 0.6 is 0 Å². The molecule has 1 aliphatic rings. The Balaban J connectivity index is 0.000000533. The Labute approximate surface area is 192 Å². The fourth-order valence-corrected chi connectivity index (χ4v) is 3.87. The molecule has 7 nitrogen and oxygen atoms in total. The monoisotopic (exact) mass is 447 g/mol. The lowest BCUT2D eigenvalue weighted by Crippen LogP contribution is -2.42. The lowest BCUT2D eigenvalue weighted by molar-refractivity contribution is -0.150. The van der Waals surface area contributed by atoms with E-state index in [1.807, 2.05) is 26.0 Å². The maximum atomic E-state index is 12.8. The molecule has 0 aromatic carbocycles. The van der Waals surface area contributed by atoms with Crippen molar-refractivity contribution >= 4 is 17.8 Å². The van der Waals surface area contributed by atoms with Crippen molar-refractivity contribution in [2.45, 2.75) is 86.2 Å². The Morgan fingerprint density at radius 1 is 1.28 bits per heavy atom. The molecule has 0 spiro atoms. The van der Waals surface area contributed by atoms with Crippen molar-refractivity contribution < 1.29 is 19.4 Å². The molecule has 32 heavy (non-hydrogen) atoms. The van der Waals surface area contributed by atoms with Gasteiger partial charge in [0, 0.05) is 5.92 Å². The second-order valence-electron chi connectivity index (χ2n) is 9.39. The summed E-state index contributed by atoms with van der Waals surface area (Å²) < 4.78 is 5.18. The largest absolute Gasteiger partial charge is 0.465 e. The minimum Gasteiger partial charge on any atom is -0.465 e. The number of aliphatic hydroxyl groups is 1. The third-order valence-electron chi connectivity index (χ3n) is 5.94. The van der Waals surface area contributed by atoms with E-state index in [-0.39, 0.29) is 18.1 Å². The van der Waals surface area contributed by atoms with Crippen molar-refractivity contribution in [1.29, 1.82) is 0 Å². The van der Waals surface area contributed by atoms with Crippen LogP contribution < -0.4 is 0 Å². The van der Waals surface area contributed by atoms with E-state index in [0.29, 0.717) is 18.9 Å². The molecule has 0 bridgehead atoms. The first kappa shape index (κ1) is 27.8. The molecule has 0 fully saturated rings. The minimum atomic E-state index is -1.01. The van der Waals surface area contributed by atoms with E-state index in [9.17, 15) is 14.7 Å². The maximum Gasteiger partial charge on any atom is 0.308 e. The van der Waals surface area contributed by atoms with Crippen LogP contribution in [-0.2, 0) is 14.3 Å². The number of rotatable bonds is 1. The number of carbonyl (C=O) groups excluding carboxylic acids is 2. The summed E-state index contributed by atoms with van der Waals surface area (Å²) in [5.74, 6) is -0.0619. The Hall–Kier alpha value is -2.28. The predicted molar refractivity (Wildman–Crippen MR) is 127 cm³/mol. The predicted octanol–water partition coefficient (Wildman–Crippen LogP) is 4.90. The Morgan fingerprint density at radius 2 is 2.00 bits per heavy atom. The number of hydrogen-bond donors (Lipinski definition) is 2. The first-order valence-electron chi connectivity index (χ1n) is 11.6. The van der Waals surface area contributed by atoms with Crippen LogP contribution in [0.1, 0.15) is 85.8 Å². The van der Waals surface area contributed by atoms with Gasteiger partial charge < -0.3 is 9.84 Å². The van der Waals surface area contributed by atoms with Crippen LogP contribution in [-0.4, -0.2) is 45.0 Å². The molecule has 7 heteroatoms. The third-order valence-corrected chi connectivity index (χ3v) is 5.94. The summed E-state index contributed by atoms with van der Waals surface area (Å²) in [6.45, 7) is 11.9. The second-order valence-corrected chi connectivity index (χ2v) is 9.39. The summed E-state index contributed by atoms with van der Waals surface area (Å²) in [6.07, 6.45) is 11.2. The molecule has 0 saturated carbocycles. The zero-order chi connectivity index (χ0) is 24.1. The van der Waals surface area contributed by atoms with Gasteiger partial charge in [0.25, 0.3) is 0 Å². The third kappa shape index (κ3) is 9.90. The van der Waals surface area contributed by atoms with Gasteiger partial charge in [0.2, 0.25) is 0 Å². The van der Waals surface area contributed by atoms with Crippen LogP contribution in [0.2, 0.25) is 0 Å². The van der Waals surface area contributed by atoms with Crippen LogP contribution in [0.3, 0.4) is 0 Å². The van der Waals surface area contributed by atoms with Crippen LogP contribution in [0, 0.1) is 17.3 Å². The van der Waals surface area contributed by atoms with E-state index in [2.05, 4.69) is 35.3 Å². The topological polar surface area (TPSA) is 105 Å². The van der Waals surface area contributed by atoms with Gasteiger partial charge in [0.1, 0.15) is 11.5 Å². The molecule has 0 radical (unpaired) electrons. The average molecular weight is 448 g/mol. The molecule has 2 rings (SSSR count). The molecule has 2 N–H and O–H groups in total. The summed E-state index contributed by atoms with van der Waals surface area (Å²) in [5.41, 5.74) is 1.24. The lowest BCUT2D eigenvalue weighted by Gasteiger charge is -2.32. The number of nitrogens with one attached hydrogen (secondary N) is 1. The normalized spacial score (nSPS) is 27.7. The van der Waals surface area contributed by atoms with E-state index in [1.165, 1.54) is 5.57 Å². The molecule has 1 aromatic rings. The van der Waals surface area contributed by atoms with Crippen LogP contribution in [0.15, 0.2) is 23.9 Å². The Kier molecular flexibility index (Phi) is 12.1. The quantitative estimate of drug-likeness (QED) is 0.469. The summed E-state index contributed by atoms with van der Waals surface area (Å²) in [7, 11) is 0. The van der Waals surface area contributed by atoms with Crippen molar-refractivity contribution in [1.82, 2.24) is 15.4 Å². The zero-order valence-electron chi connectivity index (χ0n) is 20.6. The molecular formula is C25H41N3O4. The molecule has 1 aromatic heterocycles. The molecule has 0 saturated heterocycles. The van der Waals surface area contributed by atoms with Gasteiger partial charge in [-0.2, -0.15) is 15.4 Å². The van der Waals surface area contributed by atoms with Gasteiger partial charge in [-0.25, -0.2) is 0 Å². The number of ketones is 1. The second kappa shape index (κ2) is 14.0. The number of aromatic amines is 1. The highest BCUT2D eigenvalue weighted by Crippen LogP contribution is 2.31. The lowest BCUT2D eigenvalue weighted by atomic mass is 9.74. The summed E-state index contributed by atoms with van der Waals surface area (Å²) in [5, 5.41) is 20.3. The fourth-order valence-electron chi connectivity index (χ4n) is 3.87. The highest BCUT2D eigenvalue weighted by Gasteiger charge is 2.39. The number of aliphatic hydroxyl groups excluding tert-OH is 1. The Morgan fingerprint density at radius 3 is 2.62 bits per heavy atom. The molecule has 3 atom stereocenters. The van der Waals surface area contributed by atoms with Gasteiger partial charge in [-0.05, 0) is 51.5 Å². The number of aromatic nitrogens is 3. The number of ether oxygens (including phenoxy) is 1. The number of hydrogen-bond acceptors (Lipinski definition) is 6. The molecule has 0 aliphatic carbocycles. The van der Waals surface area contributed by atoms with Crippen LogP contribution in [0.4, 0.5) is 0 Å². The number of esters is 1. The number of nitrogens with zero attached hydrogens (tertiary/aromatic N) is 2. The zero-order valence-corrected chi connectivity index (χ0v) is 20.6. The molecule has 3 unspecified atom stereocenters. The number of cyclic esters (lactones) is 1. The Bertz CT molecular complexity index is 753. The standard InChI is InChI=1S/C20H34O4.C5H7N3/c1-14-8-6-9-15(2)12-16(3)19(23)20(4,5)17(21)13-18(22)24-11-7-10-14;1-2-3-5-4-6-8-7-5/h10,15-17,21H,6-9,11-13H2,1-5H3;2-4H,1H3,(H,6,7,8)/b14-10-;3-2-. The molecule has 1 aliphatic heterocycles. The molecule has 180 valence electrons. The van der Waals surface area contributed by atoms with E-state index < -0.39 is 17.5 Å². The van der Waals surface area contributed by atoms with E-state index in [1.54, 1.807) is 20.0 Å². The SMILES string of the molecule is C/C1=C/CCOC(=O)CC(O)C(C)(C)C(=O)C(C)CC(C)CCC1.C/C=C\c1cn[nH]n1. The van der Waals surface area contributed by atoms with E-state index in [0.717, 1.165) is 31.4 Å². The minimum absolute atomic E-state index is 0.0258. The fraction of sp³-hybridized carbons (Fsp3) is 0.680.